The fraction of sp³-hybridized carbons (Fsp3) is 0.500. The van der Waals surface area contributed by atoms with Crippen LogP contribution in [-0.2, 0) is 9.59 Å². The molecule has 6 nitrogen and oxygen atoms in total. The molecule has 0 bridgehead atoms. The van der Waals surface area contributed by atoms with Gasteiger partial charge in [0.15, 0.2) is 11.9 Å². The number of hydrogen-bond donors (Lipinski definition) is 2. The molecule has 2 aromatic carbocycles. The minimum absolute atomic E-state index is 0.0312. The number of aldehydes is 1. The minimum atomic E-state index is -1.34. The Morgan fingerprint density at radius 3 is 2.16 bits per heavy atom. The lowest BCUT2D eigenvalue weighted by molar-refractivity contribution is -0.138. The Morgan fingerprint density at radius 2 is 1.59 bits per heavy atom. The van der Waals surface area contributed by atoms with Crippen molar-refractivity contribution in [2.45, 2.75) is 70.9 Å². The van der Waals surface area contributed by atoms with Crippen LogP contribution in [0.3, 0.4) is 0 Å². The molecule has 2 rings (SSSR count). The molecule has 0 saturated carbocycles. The molecule has 0 aliphatic rings. The third-order valence-corrected chi connectivity index (χ3v) is 5.88. The Kier molecular flexibility index (Phi) is 10.3. The highest BCUT2D eigenvalue weighted by atomic mass is 16.4. The Balaban J connectivity index is 2.34. The van der Waals surface area contributed by atoms with E-state index in [-0.39, 0.29) is 18.7 Å². The monoisotopic (exact) mass is 440 g/mol. The molecule has 0 radical (unpaired) electrons. The summed E-state index contributed by atoms with van der Waals surface area (Å²) in [6.07, 6.45) is 6.43. The van der Waals surface area contributed by atoms with E-state index in [1.165, 1.54) is 0 Å². The van der Waals surface area contributed by atoms with Crippen molar-refractivity contribution in [3.63, 3.8) is 0 Å². The van der Waals surface area contributed by atoms with Gasteiger partial charge >= 0.3 is 5.97 Å². The highest BCUT2D eigenvalue weighted by Crippen LogP contribution is 2.22. The second kappa shape index (κ2) is 13.0. The molecule has 174 valence electrons. The van der Waals surface area contributed by atoms with E-state index in [0.29, 0.717) is 18.7 Å². The van der Waals surface area contributed by atoms with Gasteiger partial charge in [-0.15, -0.1) is 0 Å². The molecule has 0 saturated heterocycles. The SMILES string of the molecule is CCCCCN(CCCCC)[C@](C=O)(CCC(=O)O)NC(=O)c1ccc2ccccc2c1. The number of unbranched alkanes of at least 4 members (excludes halogenated alkanes) is 4. The summed E-state index contributed by atoms with van der Waals surface area (Å²) >= 11 is 0. The first kappa shape index (κ1) is 25.5. The summed E-state index contributed by atoms with van der Waals surface area (Å²) < 4.78 is 0. The van der Waals surface area contributed by atoms with Gasteiger partial charge in [-0.1, -0.05) is 69.9 Å². The lowest BCUT2D eigenvalue weighted by Crippen LogP contribution is -2.62. The summed E-state index contributed by atoms with van der Waals surface area (Å²) in [6, 6.07) is 13.2. The lowest BCUT2D eigenvalue weighted by atomic mass is 9.99. The van der Waals surface area contributed by atoms with Crippen molar-refractivity contribution in [3.05, 3.63) is 48.0 Å². The molecule has 2 aromatic rings. The van der Waals surface area contributed by atoms with Crippen molar-refractivity contribution in [1.29, 1.82) is 0 Å². The summed E-state index contributed by atoms with van der Waals surface area (Å²) in [5, 5.41) is 14.2. The predicted octanol–water partition coefficient (Wildman–Crippen LogP) is 5.01. The van der Waals surface area contributed by atoms with E-state index < -0.39 is 11.6 Å². The van der Waals surface area contributed by atoms with Crippen LogP contribution in [0.1, 0.15) is 75.6 Å². The smallest absolute Gasteiger partial charge is 0.303 e. The van der Waals surface area contributed by atoms with E-state index in [2.05, 4.69) is 19.2 Å². The zero-order chi connectivity index (χ0) is 23.4. The van der Waals surface area contributed by atoms with E-state index >= 15 is 0 Å². The number of hydrogen-bond acceptors (Lipinski definition) is 4. The molecule has 0 heterocycles. The van der Waals surface area contributed by atoms with Gasteiger partial charge in [-0.2, -0.15) is 0 Å². The molecule has 0 unspecified atom stereocenters. The number of carboxylic acids is 1. The van der Waals surface area contributed by atoms with E-state index in [4.69, 9.17) is 0 Å². The van der Waals surface area contributed by atoms with E-state index in [0.717, 1.165) is 55.6 Å². The molecule has 0 aliphatic carbocycles. The van der Waals surface area contributed by atoms with Gasteiger partial charge < -0.3 is 10.4 Å². The van der Waals surface area contributed by atoms with Crippen LogP contribution in [0, 0.1) is 0 Å². The van der Waals surface area contributed by atoms with Crippen molar-refractivity contribution in [1.82, 2.24) is 10.2 Å². The molecule has 2 N–H and O–H groups in total. The van der Waals surface area contributed by atoms with E-state index in [1.807, 2.05) is 35.2 Å². The highest BCUT2D eigenvalue weighted by molar-refractivity contribution is 6.00. The normalized spacial score (nSPS) is 13.1. The van der Waals surface area contributed by atoms with Crippen LogP contribution in [0.2, 0.25) is 0 Å². The van der Waals surface area contributed by atoms with Crippen LogP contribution in [0.5, 0.6) is 0 Å². The van der Waals surface area contributed by atoms with Gasteiger partial charge in [0.1, 0.15) is 0 Å². The maximum atomic E-state index is 13.2. The van der Waals surface area contributed by atoms with Crippen molar-refractivity contribution >= 4 is 28.9 Å². The van der Waals surface area contributed by atoms with Crippen LogP contribution >= 0.6 is 0 Å². The van der Waals surface area contributed by atoms with Crippen LogP contribution in [0.4, 0.5) is 0 Å². The van der Waals surface area contributed by atoms with Crippen molar-refractivity contribution in [2.75, 3.05) is 13.1 Å². The molecule has 0 fully saturated rings. The minimum Gasteiger partial charge on any atom is -0.481 e. The molecule has 0 aromatic heterocycles. The third kappa shape index (κ3) is 7.16. The fourth-order valence-electron chi connectivity index (χ4n) is 3.98. The number of rotatable bonds is 15. The summed E-state index contributed by atoms with van der Waals surface area (Å²) in [5.41, 5.74) is -0.893. The molecular formula is C26H36N2O4. The quantitative estimate of drug-likeness (QED) is 0.231. The number of benzene rings is 2. The molecular weight excluding hydrogens is 404 g/mol. The van der Waals surface area contributed by atoms with Gasteiger partial charge in [0, 0.05) is 31.5 Å². The Labute approximate surface area is 191 Å². The van der Waals surface area contributed by atoms with Gasteiger partial charge in [-0.3, -0.25) is 19.3 Å². The average molecular weight is 441 g/mol. The first-order chi connectivity index (χ1) is 15.5. The maximum absolute atomic E-state index is 13.2. The average Bonchev–Trinajstić information content (AvgIpc) is 2.80. The van der Waals surface area contributed by atoms with E-state index in [1.54, 1.807) is 12.1 Å². The standard InChI is InChI=1S/C26H36N2O4/c1-3-5-9-17-28(18-10-6-4-2)26(20-29,16-15-24(30)31)27-25(32)23-14-13-21-11-7-8-12-22(21)19-23/h7-8,11-14,19-20H,3-6,9-10,15-18H2,1-2H3,(H,27,32)(H,30,31)/t26-/m0/s1. The zero-order valence-electron chi connectivity index (χ0n) is 19.3. The molecule has 6 heteroatoms. The van der Waals surface area contributed by atoms with E-state index in [9.17, 15) is 19.5 Å². The van der Waals surface area contributed by atoms with Crippen LogP contribution in [-0.4, -0.2) is 46.9 Å². The second-order valence-electron chi connectivity index (χ2n) is 8.35. The van der Waals surface area contributed by atoms with Gasteiger partial charge in [0.2, 0.25) is 0 Å². The number of nitrogens with zero attached hydrogens (tertiary/aromatic N) is 1. The van der Waals surface area contributed by atoms with Crippen LogP contribution in [0.15, 0.2) is 42.5 Å². The lowest BCUT2D eigenvalue weighted by Gasteiger charge is -2.40. The number of carbonyl (C=O) groups is 3. The predicted molar refractivity (Wildman–Crippen MR) is 128 cm³/mol. The largest absolute Gasteiger partial charge is 0.481 e. The number of carboxylic acid groups (broad SMARTS) is 1. The Bertz CT molecular complexity index is 888. The van der Waals surface area contributed by atoms with Crippen LogP contribution < -0.4 is 5.32 Å². The molecule has 0 spiro atoms. The first-order valence-electron chi connectivity index (χ1n) is 11.7. The number of aliphatic carboxylic acids is 1. The maximum Gasteiger partial charge on any atom is 0.303 e. The van der Waals surface area contributed by atoms with Crippen molar-refractivity contribution < 1.29 is 19.5 Å². The first-order valence-corrected chi connectivity index (χ1v) is 11.7. The number of nitrogens with one attached hydrogen (secondary N) is 1. The third-order valence-electron chi connectivity index (χ3n) is 5.88. The number of fused-ring (bicyclic) bond motifs is 1. The van der Waals surface area contributed by atoms with Crippen LogP contribution in [0.25, 0.3) is 10.8 Å². The molecule has 0 aliphatic heterocycles. The Morgan fingerprint density at radius 1 is 0.969 bits per heavy atom. The topological polar surface area (TPSA) is 86.7 Å². The Hall–Kier alpha value is -2.73. The van der Waals surface area contributed by atoms with Crippen molar-refractivity contribution in [2.24, 2.45) is 0 Å². The number of amides is 1. The zero-order valence-corrected chi connectivity index (χ0v) is 19.3. The van der Waals surface area contributed by atoms with Crippen molar-refractivity contribution in [3.8, 4) is 0 Å². The summed E-state index contributed by atoms with van der Waals surface area (Å²) in [4.78, 5) is 39.0. The highest BCUT2D eigenvalue weighted by Gasteiger charge is 2.38. The fourth-order valence-corrected chi connectivity index (χ4v) is 3.98. The number of carbonyl (C=O) groups excluding carboxylic acids is 2. The summed E-state index contributed by atoms with van der Waals surface area (Å²) in [6.45, 7) is 5.49. The molecule has 32 heavy (non-hydrogen) atoms. The van der Waals surface area contributed by atoms with Gasteiger partial charge in [0.05, 0.1) is 0 Å². The second-order valence-corrected chi connectivity index (χ2v) is 8.35. The van der Waals surface area contributed by atoms with Gasteiger partial charge in [-0.05, 0) is 35.7 Å². The summed E-state index contributed by atoms with van der Waals surface area (Å²) in [5.74, 6) is -1.36. The molecule has 1 atom stereocenters. The molecule has 1 amide bonds. The summed E-state index contributed by atoms with van der Waals surface area (Å²) in [7, 11) is 0. The van der Waals surface area contributed by atoms with Gasteiger partial charge in [-0.25, -0.2) is 0 Å². The van der Waals surface area contributed by atoms with Gasteiger partial charge in [0.25, 0.3) is 5.91 Å².